The van der Waals surface area contributed by atoms with E-state index in [-0.39, 0.29) is 0 Å². The highest BCUT2D eigenvalue weighted by Crippen LogP contribution is 2.25. The molecule has 2 heterocycles. The number of hydrogen-bond donors (Lipinski definition) is 1. The molecule has 0 saturated carbocycles. The van der Waals surface area contributed by atoms with Gasteiger partial charge in [0.25, 0.3) is 0 Å². The lowest BCUT2D eigenvalue weighted by molar-refractivity contribution is 0.0996. The van der Waals surface area contributed by atoms with Gasteiger partial charge in [0.1, 0.15) is 5.76 Å². The SMILES string of the molecule is CCNC(CCC1CCCO1)c1coc(C)c1. The van der Waals surface area contributed by atoms with Crippen molar-refractivity contribution in [2.45, 2.75) is 51.7 Å². The maximum atomic E-state index is 5.67. The van der Waals surface area contributed by atoms with Crippen LogP contribution >= 0.6 is 0 Å². The van der Waals surface area contributed by atoms with E-state index in [0.717, 1.165) is 31.8 Å². The van der Waals surface area contributed by atoms with Crippen LogP contribution in [-0.2, 0) is 4.74 Å². The third-order valence-corrected chi connectivity index (χ3v) is 3.41. The molecular weight excluding hydrogens is 214 g/mol. The zero-order valence-electron chi connectivity index (χ0n) is 10.9. The third kappa shape index (κ3) is 3.58. The van der Waals surface area contributed by atoms with Gasteiger partial charge in [0, 0.05) is 18.2 Å². The number of ether oxygens (including phenoxy) is 1. The minimum atomic E-state index is 0.404. The van der Waals surface area contributed by atoms with Crippen molar-refractivity contribution >= 4 is 0 Å². The van der Waals surface area contributed by atoms with Gasteiger partial charge in [0.2, 0.25) is 0 Å². The molecule has 1 aromatic heterocycles. The van der Waals surface area contributed by atoms with E-state index in [1.54, 1.807) is 0 Å². The molecule has 0 aromatic carbocycles. The molecule has 0 radical (unpaired) electrons. The lowest BCUT2D eigenvalue weighted by Gasteiger charge is -2.18. The van der Waals surface area contributed by atoms with Gasteiger partial charge >= 0.3 is 0 Å². The molecule has 2 unspecified atom stereocenters. The van der Waals surface area contributed by atoms with Crippen molar-refractivity contribution in [1.29, 1.82) is 0 Å². The highest BCUT2D eigenvalue weighted by Gasteiger charge is 2.19. The summed E-state index contributed by atoms with van der Waals surface area (Å²) in [5.74, 6) is 0.986. The van der Waals surface area contributed by atoms with Gasteiger partial charge in [0.15, 0.2) is 0 Å². The number of rotatable bonds is 6. The Bertz CT molecular complexity index is 329. The number of hydrogen-bond acceptors (Lipinski definition) is 3. The molecule has 2 rings (SSSR count). The van der Waals surface area contributed by atoms with Crippen molar-refractivity contribution in [1.82, 2.24) is 5.32 Å². The van der Waals surface area contributed by atoms with Gasteiger partial charge < -0.3 is 14.5 Å². The molecule has 1 aromatic rings. The van der Waals surface area contributed by atoms with E-state index in [1.165, 1.54) is 18.4 Å². The zero-order chi connectivity index (χ0) is 12.1. The lowest BCUT2D eigenvalue weighted by atomic mass is 10.0. The van der Waals surface area contributed by atoms with Crippen LogP contribution in [0.15, 0.2) is 16.7 Å². The summed E-state index contributed by atoms with van der Waals surface area (Å²) < 4.78 is 11.1. The fourth-order valence-electron chi connectivity index (χ4n) is 2.50. The molecule has 0 bridgehead atoms. The van der Waals surface area contributed by atoms with Gasteiger partial charge in [-0.15, -0.1) is 0 Å². The molecule has 3 nitrogen and oxygen atoms in total. The van der Waals surface area contributed by atoms with E-state index in [1.807, 2.05) is 13.2 Å². The van der Waals surface area contributed by atoms with E-state index >= 15 is 0 Å². The first-order valence-corrected chi connectivity index (χ1v) is 6.69. The second-order valence-electron chi connectivity index (χ2n) is 4.81. The summed E-state index contributed by atoms with van der Waals surface area (Å²) in [5.41, 5.74) is 1.27. The Kier molecular flexibility index (Phi) is 4.63. The van der Waals surface area contributed by atoms with Crippen molar-refractivity contribution < 1.29 is 9.15 Å². The van der Waals surface area contributed by atoms with Crippen molar-refractivity contribution in [2.24, 2.45) is 0 Å². The van der Waals surface area contributed by atoms with Gasteiger partial charge in [-0.2, -0.15) is 0 Å². The predicted molar refractivity (Wildman–Crippen MR) is 68.1 cm³/mol. The fraction of sp³-hybridized carbons (Fsp3) is 0.714. The first-order chi connectivity index (χ1) is 8.29. The molecule has 2 atom stereocenters. The molecular formula is C14H23NO2. The van der Waals surface area contributed by atoms with Crippen LogP contribution in [0, 0.1) is 6.92 Å². The largest absolute Gasteiger partial charge is 0.469 e. The van der Waals surface area contributed by atoms with Crippen LogP contribution in [0.3, 0.4) is 0 Å². The molecule has 3 heteroatoms. The van der Waals surface area contributed by atoms with Crippen molar-refractivity contribution in [3.63, 3.8) is 0 Å². The van der Waals surface area contributed by atoms with Crippen LogP contribution in [0.4, 0.5) is 0 Å². The standard InChI is InChI=1S/C14H23NO2/c1-3-15-14(12-9-11(2)17-10-12)7-6-13-5-4-8-16-13/h9-10,13-15H,3-8H2,1-2H3. The van der Waals surface area contributed by atoms with Crippen LogP contribution < -0.4 is 5.32 Å². The molecule has 0 amide bonds. The van der Waals surface area contributed by atoms with Crippen LogP contribution in [0.25, 0.3) is 0 Å². The molecule has 17 heavy (non-hydrogen) atoms. The maximum Gasteiger partial charge on any atom is 0.101 e. The van der Waals surface area contributed by atoms with E-state index < -0.39 is 0 Å². The minimum absolute atomic E-state index is 0.404. The summed E-state index contributed by atoms with van der Waals surface area (Å²) >= 11 is 0. The first kappa shape index (κ1) is 12.7. The van der Waals surface area contributed by atoms with Gasteiger partial charge in [-0.3, -0.25) is 0 Å². The summed E-state index contributed by atoms with van der Waals surface area (Å²) in [5, 5.41) is 3.52. The van der Waals surface area contributed by atoms with Crippen molar-refractivity contribution in [3.05, 3.63) is 23.7 Å². The quantitative estimate of drug-likeness (QED) is 0.825. The van der Waals surface area contributed by atoms with Gasteiger partial charge in [0.05, 0.1) is 12.4 Å². The van der Waals surface area contributed by atoms with Gasteiger partial charge in [-0.05, 0) is 45.2 Å². The Morgan fingerprint density at radius 3 is 3.00 bits per heavy atom. The second kappa shape index (κ2) is 6.22. The Labute approximate surface area is 104 Å². The summed E-state index contributed by atoms with van der Waals surface area (Å²) in [6.45, 7) is 6.07. The molecule has 1 fully saturated rings. The summed E-state index contributed by atoms with van der Waals surface area (Å²) in [7, 11) is 0. The van der Waals surface area contributed by atoms with Gasteiger partial charge in [-0.1, -0.05) is 6.92 Å². The van der Waals surface area contributed by atoms with E-state index in [0.29, 0.717) is 12.1 Å². The van der Waals surface area contributed by atoms with Gasteiger partial charge in [-0.25, -0.2) is 0 Å². The average molecular weight is 237 g/mol. The maximum absolute atomic E-state index is 5.67. The van der Waals surface area contributed by atoms with Crippen LogP contribution in [0.1, 0.15) is 50.0 Å². The highest BCUT2D eigenvalue weighted by atomic mass is 16.5. The third-order valence-electron chi connectivity index (χ3n) is 3.41. The molecule has 96 valence electrons. The molecule has 1 aliphatic rings. The Morgan fingerprint density at radius 1 is 1.53 bits per heavy atom. The van der Waals surface area contributed by atoms with Crippen LogP contribution in [0.2, 0.25) is 0 Å². The zero-order valence-corrected chi connectivity index (χ0v) is 10.9. The monoisotopic (exact) mass is 237 g/mol. The number of nitrogens with one attached hydrogen (secondary N) is 1. The van der Waals surface area contributed by atoms with E-state index in [2.05, 4.69) is 18.3 Å². The number of furan rings is 1. The Balaban J connectivity index is 1.87. The Hall–Kier alpha value is -0.800. The topological polar surface area (TPSA) is 34.4 Å². The molecule has 0 spiro atoms. The molecule has 0 aliphatic carbocycles. The van der Waals surface area contributed by atoms with Crippen molar-refractivity contribution in [2.75, 3.05) is 13.2 Å². The minimum Gasteiger partial charge on any atom is -0.469 e. The first-order valence-electron chi connectivity index (χ1n) is 6.69. The predicted octanol–water partition coefficient (Wildman–Crippen LogP) is 3.20. The smallest absolute Gasteiger partial charge is 0.101 e. The Morgan fingerprint density at radius 2 is 2.41 bits per heavy atom. The van der Waals surface area contributed by atoms with Crippen molar-refractivity contribution in [3.8, 4) is 0 Å². The summed E-state index contributed by atoms with van der Waals surface area (Å²) in [6.07, 6.45) is 7.06. The molecule has 1 N–H and O–H groups in total. The van der Waals surface area contributed by atoms with E-state index in [9.17, 15) is 0 Å². The fourth-order valence-corrected chi connectivity index (χ4v) is 2.50. The molecule has 1 saturated heterocycles. The second-order valence-corrected chi connectivity index (χ2v) is 4.81. The molecule has 1 aliphatic heterocycles. The van der Waals surface area contributed by atoms with E-state index in [4.69, 9.17) is 9.15 Å². The van der Waals surface area contributed by atoms with Crippen LogP contribution in [0.5, 0.6) is 0 Å². The lowest BCUT2D eigenvalue weighted by Crippen LogP contribution is -2.22. The normalized spacial score (nSPS) is 21.9. The number of aryl methyl sites for hydroxylation is 1. The van der Waals surface area contributed by atoms with Crippen LogP contribution in [-0.4, -0.2) is 19.3 Å². The highest BCUT2D eigenvalue weighted by molar-refractivity contribution is 5.16. The summed E-state index contributed by atoms with van der Waals surface area (Å²) in [4.78, 5) is 0. The average Bonchev–Trinajstić information content (AvgIpc) is 2.95. The summed E-state index contributed by atoms with van der Waals surface area (Å²) in [6, 6.07) is 2.53.